The Morgan fingerprint density at radius 1 is 0.541 bits per heavy atom. The van der Waals surface area contributed by atoms with Gasteiger partial charge in [-0.25, -0.2) is 4.79 Å². The zero-order chi connectivity index (χ0) is 25.9. The molecule has 180 valence electrons. The maximum Gasteiger partial charge on any atom is 0.339 e. The molecule has 0 spiro atoms. The second-order valence-corrected chi connectivity index (χ2v) is 8.35. The molecule has 5 aromatic rings. The number of hydrogen-bond acceptors (Lipinski definition) is 5. The Kier molecular flexibility index (Phi) is 6.31. The molecule has 6 nitrogen and oxygen atoms in total. The lowest BCUT2D eigenvalue weighted by molar-refractivity contribution is 0.0599. The lowest BCUT2D eigenvalue weighted by Gasteiger charge is -2.08. The SMILES string of the molecule is COC(=O)c1ccc2c(C(=O)c3ccccc3)c(C(=O)c3ccccc3)c(C(=O)c3ccccc3)n2c1. The molecule has 0 saturated heterocycles. The first-order chi connectivity index (χ1) is 18.0. The number of ketones is 3. The Morgan fingerprint density at radius 2 is 1.00 bits per heavy atom. The number of methoxy groups -OCH3 is 1. The molecule has 37 heavy (non-hydrogen) atoms. The van der Waals surface area contributed by atoms with Gasteiger partial charge in [0, 0.05) is 22.9 Å². The van der Waals surface area contributed by atoms with E-state index in [2.05, 4.69) is 0 Å². The summed E-state index contributed by atoms with van der Waals surface area (Å²) in [5.41, 5.74) is 1.62. The first kappa shape index (κ1) is 23.6. The highest BCUT2D eigenvalue weighted by Gasteiger charge is 2.33. The zero-order valence-electron chi connectivity index (χ0n) is 19.9. The van der Waals surface area contributed by atoms with Crippen LogP contribution in [0.1, 0.15) is 58.3 Å². The predicted molar refractivity (Wildman–Crippen MR) is 138 cm³/mol. The Bertz CT molecular complexity index is 1650. The van der Waals surface area contributed by atoms with Gasteiger partial charge < -0.3 is 9.14 Å². The van der Waals surface area contributed by atoms with Crippen LogP contribution >= 0.6 is 0 Å². The fourth-order valence-corrected chi connectivity index (χ4v) is 4.36. The summed E-state index contributed by atoms with van der Waals surface area (Å²) in [5, 5.41) is 0. The summed E-state index contributed by atoms with van der Waals surface area (Å²) in [7, 11) is 1.26. The van der Waals surface area contributed by atoms with Crippen molar-refractivity contribution in [2.75, 3.05) is 7.11 Å². The summed E-state index contributed by atoms with van der Waals surface area (Å²) < 4.78 is 6.32. The summed E-state index contributed by atoms with van der Waals surface area (Å²) in [4.78, 5) is 54.2. The van der Waals surface area contributed by atoms with Crippen LogP contribution in [0.2, 0.25) is 0 Å². The van der Waals surface area contributed by atoms with Crippen molar-refractivity contribution in [1.29, 1.82) is 0 Å². The quantitative estimate of drug-likeness (QED) is 0.226. The molecule has 0 N–H and O–H groups in total. The number of pyridine rings is 1. The lowest BCUT2D eigenvalue weighted by Crippen LogP contribution is -2.15. The third-order valence-electron chi connectivity index (χ3n) is 6.13. The molecule has 0 unspecified atom stereocenters. The van der Waals surface area contributed by atoms with Gasteiger partial charge in [-0.2, -0.15) is 0 Å². The van der Waals surface area contributed by atoms with E-state index in [1.165, 1.54) is 23.8 Å². The van der Waals surface area contributed by atoms with Crippen molar-refractivity contribution in [1.82, 2.24) is 4.40 Å². The van der Waals surface area contributed by atoms with Crippen molar-refractivity contribution < 1.29 is 23.9 Å². The second kappa shape index (κ2) is 9.87. The largest absolute Gasteiger partial charge is 0.465 e. The fourth-order valence-electron chi connectivity index (χ4n) is 4.36. The number of carbonyl (C=O) groups is 4. The molecule has 3 aromatic carbocycles. The molecule has 5 rings (SSSR count). The summed E-state index contributed by atoms with van der Waals surface area (Å²) in [5.74, 6) is -1.94. The molecule has 0 bridgehead atoms. The van der Waals surface area contributed by atoms with Gasteiger partial charge >= 0.3 is 5.97 Å². The highest BCUT2D eigenvalue weighted by atomic mass is 16.5. The number of ether oxygens (including phenoxy) is 1. The summed E-state index contributed by atoms with van der Waals surface area (Å²) in [6, 6.07) is 28.6. The van der Waals surface area contributed by atoms with Gasteiger partial charge in [-0.15, -0.1) is 0 Å². The second-order valence-electron chi connectivity index (χ2n) is 8.35. The van der Waals surface area contributed by atoms with Crippen LogP contribution in [0.3, 0.4) is 0 Å². The van der Waals surface area contributed by atoms with Crippen molar-refractivity contribution in [2.45, 2.75) is 0 Å². The van der Waals surface area contributed by atoms with E-state index in [9.17, 15) is 19.2 Å². The zero-order valence-corrected chi connectivity index (χ0v) is 19.9. The molecule has 2 aromatic heterocycles. The molecule has 0 aliphatic carbocycles. The van der Waals surface area contributed by atoms with Gasteiger partial charge in [0.2, 0.25) is 5.78 Å². The maximum atomic E-state index is 14.0. The molecule has 6 heteroatoms. The Labute approximate surface area is 212 Å². The topological polar surface area (TPSA) is 81.9 Å². The number of carbonyl (C=O) groups excluding carboxylic acids is 4. The van der Waals surface area contributed by atoms with E-state index in [4.69, 9.17) is 4.74 Å². The number of fused-ring (bicyclic) bond motifs is 1. The molecule has 0 aliphatic rings. The molecular weight excluding hydrogens is 466 g/mol. The highest BCUT2D eigenvalue weighted by molar-refractivity contribution is 6.28. The van der Waals surface area contributed by atoms with Gasteiger partial charge in [0.15, 0.2) is 11.6 Å². The molecule has 0 aliphatic heterocycles. The van der Waals surface area contributed by atoms with Crippen LogP contribution in [0.25, 0.3) is 5.52 Å². The van der Waals surface area contributed by atoms with Crippen molar-refractivity contribution in [2.24, 2.45) is 0 Å². The molecule has 0 amide bonds. The predicted octanol–water partition coefficient (Wildman–Crippen LogP) is 5.42. The van der Waals surface area contributed by atoms with E-state index in [0.717, 1.165) is 0 Å². The first-order valence-electron chi connectivity index (χ1n) is 11.6. The van der Waals surface area contributed by atoms with E-state index in [1.807, 2.05) is 0 Å². The van der Waals surface area contributed by atoms with E-state index < -0.39 is 23.3 Å². The van der Waals surface area contributed by atoms with Crippen molar-refractivity contribution in [3.05, 3.63) is 148 Å². The van der Waals surface area contributed by atoms with Crippen molar-refractivity contribution in [3.63, 3.8) is 0 Å². The Morgan fingerprint density at radius 3 is 1.49 bits per heavy atom. The van der Waals surface area contributed by atoms with Crippen LogP contribution < -0.4 is 0 Å². The number of esters is 1. The smallest absolute Gasteiger partial charge is 0.339 e. The number of rotatable bonds is 7. The molecule has 0 fully saturated rings. The number of benzene rings is 3. The van der Waals surface area contributed by atoms with Crippen LogP contribution in [0.5, 0.6) is 0 Å². The Balaban J connectivity index is 1.89. The molecule has 2 heterocycles. The van der Waals surface area contributed by atoms with E-state index >= 15 is 0 Å². The van der Waals surface area contributed by atoms with Gasteiger partial charge in [-0.05, 0) is 12.1 Å². The highest BCUT2D eigenvalue weighted by Crippen LogP contribution is 2.31. The van der Waals surface area contributed by atoms with Gasteiger partial charge in [0.05, 0.1) is 29.3 Å². The normalized spacial score (nSPS) is 10.7. The Hall–Kier alpha value is -5.10. The van der Waals surface area contributed by atoms with Crippen LogP contribution in [0.4, 0.5) is 0 Å². The lowest BCUT2D eigenvalue weighted by atomic mass is 9.92. The van der Waals surface area contributed by atoms with Crippen LogP contribution in [-0.4, -0.2) is 34.8 Å². The third-order valence-corrected chi connectivity index (χ3v) is 6.13. The molecule has 0 atom stereocenters. The third kappa shape index (κ3) is 4.25. The number of hydrogen-bond donors (Lipinski definition) is 0. The standard InChI is InChI=1S/C31H21NO5/c1-37-31(36)23-17-18-24-25(28(33)20-11-5-2-6-12-20)26(29(34)21-13-7-3-8-14-21)27(32(24)19-23)30(35)22-15-9-4-10-16-22/h2-19H,1H3. The summed E-state index contributed by atoms with van der Waals surface area (Å²) >= 11 is 0. The minimum atomic E-state index is -0.611. The van der Waals surface area contributed by atoms with Crippen molar-refractivity contribution >= 4 is 28.8 Å². The summed E-state index contributed by atoms with van der Waals surface area (Å²) in [6.45, 7) is 0. The van der Waals surface area contributed by atoms with Gasteiger partial charge in [0.1, 0.15) is 5.69 Å². The van der Waals surface area contributed by atoms with Crippen molar-refractivity contribution in [3.8, 4) is 0 Å². The molecule has 0 radical (unpaired) electrons. The molecular formula is C31H21NO5. The maximum absolute atomic E-state index is 14.0. The van der Waals surface area contributed by atoms with Crippen LogP contribution in [0, 0.1) is 0 Å². The van der Waals surface area contributed by atoms with Gasteiger partial charge in [-0.3, -0.25) is 14.4 Å². The van der Waals surface area contributed by atoms with Gasteiger partial charge in [0.25, 0.3) is 0 Å². The van der Waals surface area contributed by atoms with E-state index in [1.54, 1.807) is 97.1 Å². The fraction of sp³-hybridized carbons (Fsp3) is 0.0323. The van der Waals surface area contributed by atoms with Crippen LogP contribution in [0.15, 0.2) is 109 Å². The monoisotopic (exact) mass is 487 g/mol. The van der Waals surface area contributed by atoms with E-state index in [-0.39, 0.29) is 22.4 Å². The van der Waals surface area contributed by atoms with E-state index in [0.29, 0.717) is 22.2 Å². The number of nitrogens with zero attached hydrogens (tertiary/aromatic N) is 1. The average Bonchev–Trinajstić information content (AvgIpc) is 3.31. The van der Waals surface area contributed by atoms with Crippen LogP contribution in [-0.2, 0) is 4.74 Å². The number of aromatic nitrogens is 1. The molecule has 0 saturated carbocycles. The summed E-state index contributed by atoms with van der Waals surface area (Å²) in [6.07, 6.45) is 1.43. The minimum absolute atomic E-state index is 0.0000808. The first-order valence-corrected chi connectivity index (χ1v) is 11.6. The van der Waals surface area contributed by atoms with Gasteiger partial charge in [-0.1, -0.05) is 91.0 Å². The average molecular weight is 488 g/mol. The minimum Gasteiger partial charge on any atom is -0.465 e.